The molecule has 0 nitrogen and oxygen atoms in total. The Labute approximate surface area is 180 Å². The van der Waals surface area contributed by atoms with Gasteiger partial charge in [-0.2, -0.15) is 0 Å². The van der Waals surface area contributed by atoms with E-state index in [9.17, 15) is 0 Å². The molecule has 1 aromatic carbocycles. The van der Waals surface area contributed by atoms with Gasteiger partial charge in [-0.1, -0.05) is 38.3 Å². The van der Waals surface area contributed by atoms with Gasteiger partial charge in [0, 0.05) is 0 Å². The fourth-order valence-electron chi connectivity index (χ4n) is 10.6. The van der Waals surface area contributed by atoms with Crippen LogP contribution in [-0.2, 0) is 0 Å². The van der Waals surface area contributed by atoms with Gasteiger partial charge in [0.15, 0.2) is 0 Å². The summed E-state index contributed by atoms with van der Waals surface area (Å²) in [4.78, 5) is 0. The van der Waals surface area contributed by atoms with Crippen LogP contribution < -0.4 is 0 Å². The van der Waals surface area contributed by atoms with E-state index in [2.05, 4.69) is 30.3 Å². The first-order valence-electron chi connectivity index (χ1n) is 12.7. The van der Waals surface area contributed by atoms with E-state index in [0.29, 0.717) is 15.9 Å². The van der Waals surface area contributed by atoms with E-state index in [-0.39, 0.29) is 7.92 Å². The molecule has 2 heteroatoms. The van der Waals surface area contributed by atoms with Crippen molar-refractivity contribution in [2.75, 3.05) is 0 Å². The SMILES string of the molecule is [B]C(c1ccccc1)P(C12CC3CC(CC(C3)C1)C2)C12CC3CC(CC(C3)C1)C2. The standard InChI is InChI=1S/C27H36BP/c28-25(24-4-2-1-3-5-24)29(26-12-18-6-19(13-26)8-20(7-18)14-26)27-15-21-9-22(16-27)11-23(10-21)17-27/h1-5,18-23,25H,6-17H2. The molecule has 0 heterocycles. The molecule has 152 valence electrons. The van der Waals surface area contributed by atoms with Gasteiger partial charge in [0.05, 0.1) is 7.85 Å². The first-order valence-corrected chi connectivity index (χ1v) is 14.1. The van der Waals surface area contributed by atoms with Crippen LogP contribution in [-0.4, -0.2) is 18.2 Å². The van der Waals surface area contributed by atoms with Crippen molar-refractivity contribution in [2.45, 2.75) is 92.9 Å². The first kappa shape index (κ1) is 18.3. The Morgan fingerprint density at radius 1 is 0.621 bits per heavy atom. The van der Waals surface area contributed by atoms with Crippen molar-refractivity contribution in [3.63, 3.8) is 0 Å². The van der Waals surface area contributed by atoms with Gasteiger partial charge >= 0.3 is 0 Å². The van der Waals surface area contributed by atoms with Crippen LogP contribution in [0.1, 0.15) is 88.2 Å². The average molecular weight is 402 g/mol. The highest BCUT2D eigenvalue weighted by molar-refractivity contribution is 7.63. The van der Waals surface area contributed by atoms with Gasteiger partial charge in [-0.25, -0.2) is 0 Å². The molecule has 1 unspecified atom stereocenters. The van der Waals surface area contributed by atoms with E-state index >= 15 is 0 Å². The zero-order valence-electron chi connectivity index (χ0n) is 17.9. The minimum absolute atomic E-state index is 0.169. The number of benzene rings is 1. The molecule has 29 heavy (non-hydrogen) atoms. The third-order valence-electron chi connectivity index (χ3n) is 10.5. The predicted octanol–water partition coefficient (Wildman–Crippen LogP) is 7.27. The van der Waals surface area contributed by atoms with Gasteiger partial charge in [0.2, 0.25) is 0 Å². The fraction of sp³-hybridized carbons (Fsp3) is 0.778. The summed E-state index contributed by atoms with van der Waals surface area (Å²) in [5.41, 5.74) is 1.78. The molecule has 0 aliphatic heterocycles. The lowest BCUT2D eigenvalue weighted by molar-refractivity contribution is 0.0183. The molecular formula is C27H36BP. The highest BCUT2D eigenvalue weighted by Gasteiger charge is 2.63. The Hall–Kier alpha value is -0.285. The van der Waals surface area contributed by atoms with Crippen molar-refractivity contribution >= 4 is 15.8 Å². The largest absolute Gasteiger partial charge is 0.0953 e. The van der Waals surface area contributed by atoms with Gasteiger partial charge in [-0.15, -0.1) is 0 Å². The normalized spacial score (nSPS) is 51.3. The molecule has 8 aliphatic rings. The van der Waals surface area contributed by atoms with Crippen LogP contribution in [0, 0.1) is 35.5 Å². The van der Waals surface area contributed by atoms with Crippen LogP contribution in [0.2, 0.25) is 0 Å². The Morgan fingerprint density at radius 2 is 0.966 bits per heavy atom. The maximum absolute atomic E-state index is 7.41. The van der Waals surface area contributed by atoms with E-state index in [1.807, 2.05) is 0 Å². The highest BCUT2D eigenvalue weighted by Crippen LogP contribution is 2.82. The van der Waals surface area contributed by atoms with Gasteiger partial charge < -0.3 is 0 Å². The number of hydrogen-bond donors (Lipinski definition) is 0. The second-order valence-electron chi connectivity index (χ2n) is 12.5. The second kappa shape index (κ2) is 6.37. The lowest BCUT2D eigenvalue weighted by Gasteiger charge is -2.69. The number of hydrogen-bond acceptors (Lipinski definition) is 0. The maximum atomic E-state index is 7.41. The lowest BCUT2D eigenvalue weighted by Crippen LogP contribution is -2.57. The third-order valence-corrected chi connectivity index (χ3v) is 14.4. The molecule has 0 saturated heterocycles. The van der Waals surface area contributed by atoms with Crippen LogP contribution in [0.15, 0.2) is 30.3 Å². The molecular weight excluding hydrogens is 366 g/mol. The Bertz CT molecular complexity index is 670. The molecule has 0 aromatic heterocycles. The van der Waals surface area contributed by atoms with Crippen molar-refractivity contribution < 1.29 is 0 Å². The molecule has 2 radical (unpaired) electrons. The summed E-state index contributed by atoms with van der Waals surface area (Å²) in [7, 11) is 7.24. The van der Waals surface area contributed by atoms with Crippen LogP contribution in [0.25, 0.3) is 0 Å². The van der Waals surface area contributed by atoms with Crippen molar-refractivity contribution in [2.24, 2.45) is 35.5 Å². The van der Waals surface area contributed by atoms with E-state index in [0.717, 1.165) is 35.5 Å². The minimum atomic E-state index is -0.169. The van der Waals surface area contributed by atoms with Crippen LogP contribution in [0.4, 0.5) is 0 Å². The highest BCUT2D eigenvalue weighted by atomic mass is 31.1. The van der Waals surface area contributed by atoms with E-state index in [1.165, 1.54) is 5.56 Å². The van der Waals surface area contributed by atoms with E-state index < -0.39 is 0 Å². The zero-order valence-corrected chi connectivity index (χ0v) is 18.8. The third kappa shape index (κ3) is 2.74. The van der Waals surface area contributed by atoms with Crippen molar-refractivity contribution in [1.29, 1.82) is 0 Å². The summed E-state index contributed by atoms with van der Waals surface area (Å²) in [5.74, 6) is 6.27. The fourth-order valence-corrected chi connectivity index (χ4v) is 16.0. The molecule has 9 rings (SSSR count). The quantitative estimate of drug-likeness (QED) is 0.367. The van der Waals surface area contributed by atoms with Gasteiger partial charge in [-0.05, 0) is 134 Å². The maximum Gasteiger partial charge on any atom is 0.0827 e. The molecule has 0 amide bonds. The van der Waals surface area contributed by atoms with Crippen LogP contribution in [0.3, 0.4) is 0 Å². The average Bonchev–Trinajstić information content (AvgIpc) is 2.66. The van der Waals surface area contributed by atoms with Crippen LogP contribution in [0.5, 0.6) is 0 Å². The van der Waals surface area contributed by atoms with Gasteiger partial charge in [0.25, 0.3) is 0 Å². The Balaban J connectivity index is 1.34. The summed E-state index contributed by atoms with van der Waals surface area (Å²) >= 11 is 0. The van der Waals surface area contributed by atoms with Crippen molar-refractivity contribution in [3.05, 3.63) is 35.9 Å². The molecule has 8 bridgehead atoms. The summed E-state index contributed by atoms with van der Waals surface area (Å²) < 4.78 is 0. The first-order chi connectivity index (χ1) is 14.1. The Morgan fingerprint density at radius 3 is 1.31 bits per heavy atom. The molecule has 8 saturated carbocycles. The van der Waals surface area contributed by atoms with Gasteiger partial charge in [-0.3, -0.25) is 0 Å². The molecule has 1 atom stereocenters. The van der Waals surface area contributed by atoms with Crippen LogP contribution >= 0.6 is 7.92 Å². The molecule has 0 N–H and O–H groups in total. The summed E-state index contributed by atoms with van der Waals surface area (Å²) in [6, 6.07) is 11.4. The van der Waals surface area contributed by atoms with Crippen molar-refractivity contribution in [1.82, 2.24) is 0 Å². The summed E-state index contributed by atoms with van der Waals surface area (Å²) in [6.07, 6.45) is 18.6. The predicted molar refractivity (Wildman–Crippen MR) is 124 cm³/mol. The van der Waals surface area contributed by atoms with E-state index in [4.69, 9.17) is 7.85 Å². The number of rotatable bonds is 4. The summed E-state index contributed by atoms with van der Waals surface area (Å²) in [5, 5.41) is 1.26. The lowest BCUT2D eigenvalue weighted by atomic mass is 9.55. The summed E-state index contributed by atoms with van der Waals surface area (Å²) in [6.45, 7) is 0. The smallest absolute Gasteiger partial charge is 0.0827 e. The molecule has 8 aliphatic carbocycles. The Kier molecular flexibility index (Phi) is 4.02. The van der Waals surface area contributed by atoms with Gasteiger partial charge in [0.1, 0.15) is 0 Å². The van der Waals surface area contributed by atoms with Crippen molar-refractivity contribution in [3.8, 4) is 0 Å². The topological polar surface area (TPSA) is 0 Å². The monoisotopic (exact) mass is 402 g/mol. The van der Waals surface area contributed by atoms with E-state index in [1.54, 1.807) is 77.0 Å². The molecule has 0 spiro atoms. The molecule has 8 fully saturated rings. The minimum Gasteiger partial charge on any atom is -0.0953 e. The molecule has 1 aromatic rings. The second-order valence-corrected chi connectivity index (χ2v) is 15.7. The zero-order chi connectivity index (χ0) is 19.2.